The van der Waals surface area contributed by atoms with E-state index in [1.165, 1.54) is 13.0 Å². The van der Waals surface area contributed by atoms with Crippen molar-refractivity contribution in [2.45, 2.75) is 25.4 Å². The van der Waals surface area contributed by atoms with E-state index in [1.54, 1.807) is 0 Å². The van der Waals surface area contributed by atoms with E-state index in [0.717, 1.165) is 17.9 Å². The molecule has 0 bridgehead atoms. The van der Waals surface area contributed by atoms with Crippen LogP contribution in [0.15, 0.2) is 0 Å². The zero-order valence-electron chi connectivity index (χ0n) is 6.75. The summed E-state index contributed by atoms with van der Waals surface area (Å²) < 4.78 is 0. The molecule has 10 heavy (non-hydrogen) atoms. The van der Waals surface area contributed by atoms with Crippen molar-refractivity contribution in [3.05, 3.63) is 0 Å². The highest BCUT2D eigenvalue weighted by Gasteiger charge is 2.56. The molecule has 1 aliphatic carbocycles. The lowest BCUT2D eigenvalue weighted by Gasteiger charge is -2.14. The maximum absolute atomic E-state index is 5.82. The number of hydrogen-bond donors (Lipinski definition) is 1. The van der Waals surface area contributed by atoms with Gasteiger partial charge in [0.25, 0.3) is 0 Å². The summed E-state index contributed by atoms with van der Waals surface area (Å²) in [6.45, 7) is 3.43. The summed E-state index contributed by atoms with van der Waals surface area (Å²) in [4.78, 5) is 2.46. The Morgan fingerprint density at radius 2 is 2.30 bits per heavy atom. The Balaban J connectivity index is 1.98. The molecule has 1 heterocycles. The zero-order chi connectivity index (χ0) is 7.30. The third-order valence-corrected chi connectivity index (χ3v) is 3.12. The van der Waals surface area contributed by atoms with Gasteiger partial charge in [-0.2, -0.15) is 0 Å². The lowest BCUT2D eigenvalue weighted by molar-refractivity contribution is 0.326. The van der Waals surface area contributed by atoms with Crippen molar-refractivity contribution in [1.29, 1.82) is 0 Å². The quantitative estimate of drug-likeness (QED) is 0.567. The average Bonchev–Trinajstić information content (AvgIpc) is 2.48. The van der Waals surface area contributed by atoms with Crippen LogP contribution in [0, 0.1) is 11.8 Å². The fourth-order valence-electron chi connectivity index (χ4n) is 2.57. The van der Waals surface area contributed by atoms with Crippen LogP contribution >= 0.6 is 0 Å². The van der Waals surface area contributed by atoms with E-state index >= 15 is 0 Å². The highest BCUT2D eigenvalue weighted by atomic mass is 15.2. The molecule has 2 rings (SSSR count). The molecule has 0 radical (unpaired) electrons. The molecule has 0 aromatic rings. The topological polar surface area (TPSA) is 29.3 Å². The van der Waals surface area contributed by atoms with Gasteiger partial charge < -0.3 is 10.6 Å². The number of rotatable bonds is 1. The lowest BCUT2D eigenvalue weighted by Crippen LogP contribution is -2.28. The van der Waals surface area contributed by atoms with Gasteiger partial charge in [0.1, 0.15) is 0 Å². The average molecular weight is 140 g/mol. The maximum atomic E-state index is 5.82. The van der Waals surface area contributed by atoms with E-state index in [4.69, 9.17) is 5.73 Å². The molecule has 2 nitrogen and oxygen atoms in total. The number of fused-ring (bicyclic) bond motifs is 1. The molecule has 4 atom stereocenters. The van der Waals surface area contributed by atoms with Crippen LogP contribution < -0.4 is 5.73 Å². The Kier molecular flexibility index (Phi) is 1.29. The predicted octanol–water partition coefficient (Wildman–Crippen LogP) is 0.284. The fourth-order valence-corrected chi connectivity index (χ4v) is 2.57. The van der Waals surface area contributed by atoms with Gasteiger partial charge in [-0.05, 0) is 38.8 Å². The van der Waals surface area contributed by atoms with Gasteiger partial charge in [-0.15, -0.1) is 0 Å². The van der Waals surface area contributed by atoms with Crippen molar-refractivity contribution in [3.63, 3.8) is 0 Å². The standard InChI is InChI=1S/C8H16N2/c1-5(9)7-6-3-4-10(2)8(6)7/h5-8H,3-4,9H2,1-2H3/t5?,6-,7?,8-/m1/s1. The Bertz CT molecular complexity index is 140. The summed E-state index contributed by atoms with van der Waals surface area (Å²) in [6, 6.07) is 1.26. The molecule has 2 N–H and O–H groups in total. The molecule has 0 amide bonds. The second kappa shape index (κ2) is 1.95. The van der Waals surface area contributed by atoms with Gasteiger partial charge in [-0.1, -0.05) is 0 Å². The molecule has 1 aliphatic heterocycles. The normalized spacial score (nSPS) is 48.9. The number of likely N-dealkylation sites (tertiary alicyclic amines) is 1. The van der Waals surface area contributed by atoms with Crippen molar-refractivity contribution in [1.82, 2.24) is 4.90 Å². The molecule has 0 spiro atoms. The Morgan fingerprint density at radius 1 is 1.60 bits per heavy atom. The van der Waals surface area contributed by atoms with Crippen molar-refractivity contribution >= 4 is 0 Å². The Labute approximate surface area is 62.4 Å². The molecule has 2 unspecified atom stereocenters. The van der Waals surface area contributed by atoms with E-state index in [0.29, 0.717) is 6.04 Å². The molecule has 2 aliphatic rings. The number of nitrogens with zero attached hydrogens (tertiary/aromatic N) is 1. The van der Waals surface area contributed by atoms with Gasteiger partial charge in [0.05, 0.1) is 0 Å². The van der Waals surface area contributed by atoms with Crippen LogP contribution in [-0.4, -0.2) is 30.6 Å². The summed E-state index contributed by atoms with van der Waals surface area (Å²) in [7, 11) is 2.22. The maximum Gasteiger partial charge on any atom is 0.0171 e. The monoisotopic (exact) mass is 140 g/mol. The third-order valence-electron chi connectivity index (χ3n) is 3.12. The van der Waals surface area contributed by atoms with Crippen LogP contribution in [0.5, 0.6) is 0 Å². The molecule has 2 fully saturated rings. The van der Waals surface area contributed by atoms with Crippen LogP contribution in [0.3, 0.4) is 0 Å². The van der Waals surface area contributed by atoms with Crippen molar-refractivity contribution in [2.24, 2.45) is 17.6 Å². The van der Waals surface area contributed by atoms with Gasteiger partial charge in [-0.25, -0.2) is 0 Å². The summed E-state index contributed by atoms with van der Waals surface area (Å²) in [6.07, 6.45) is 1.38. The number of hydrogen-bond acceptors (Lipinski definition) is 2. The minimum Gasteiger partial charge on any atom is -0.328 e. The first-order valence-electron chi connectivity index (χ1n) is 4.17. The summed E-state index contributed by atoms with van der Waals surface area (Å²) in [5.74, 6) is 1.77. The Morgan fingerprint density at radius 3 is 2.60 bits per heavy atom. The van der Waals surface area contributed by atoms with E-state index in [-0.39, 0.29) is 0 Å². The summed E-state index contributed by atoms with van der Waals surface area (Å²) >= 11 is 0. The minimum absolute atomic E-state index is 0.415. The summed E-state index contributed by atoms with van der Waals surface area (Å²) in [5, 5.41) is 0. The van der Waals surface area contributed by atoms with Gasteiger partial charge in [0.2, 0.25) is 0 Å². The first-order valence-corrected chi connectivity index (χ1v) is 4.17. The smallest absolute Gasteiger partial charge is 0.0171 e. The largest absolute Gasteiger partial charge is 0.328 e. The molecule has 1 saturated carbocycles. The molecule has 58 valence electrons. The second-order valence-corrected chi connectivity index (χ2v) is 3.86. The van der Waals surface area contributed by atoms with Crippen LogP contribution in [0.1, 0.15) is 13.3 Å². The highest BCUT2D eigenvalue weighted by Crippen LogP contribution is 2.51. The lowest BCUT2D eigenvalue weighted by atomic mass is 10.1. The van der Waals surface area contributed by atoms with Crippen LogP contribution in [0.25, 0.3) is 0 Å². The zero-order valence-corrected chi connectivity index (χ0v) is 6.75. The molecule has 0 aromatic carbocycles. The third kappa shape index (κ3) is 0.722. The van der Waals surface area contributed by atoms with Gasteiger partial charge >= 0.3 is 0 Å². The van der Waals surface area contributed by atoms with Crippen molar-refractivity contribution in [2.75, 3.05) is 13.6 Å². The molecular weight excluding hydrogens is 124 g/mol. The van der Waals surface area contributed by atoms with Gasteiger partial charge in [0, 0.05) is 12.1 Å². The number of piperidine rings is 1. The first kappa shape index (κ1) is 6.62. The van der Waals surface area contributed by atoms with Gasteiger partial charge in [0.15, 0.2) is 0 Å². The Hall–Kier alpha value is -0.0800. The van der Waals surface area contributed by atoms with E-state index in [1.807, 2.05) is 0 Å². The summed E-state index contributed by atoms with van der Waals surface area (Å²) in [5.41, 5.74) is 5.82. The predicted molar refractivity (Wildman–Crippen MR) is 41.7 cm³/mol. The van der Waals surface area contributed by atoms with E-state index < -0.39 is 0 Å². The minimum atomic E-state index is 0.415. The molecular formula is C8H16N2. The van der Waals surface area contributed by atoms with E-state index in [9.17, 15) is 0 Å². The van der Waals surface area contributed by atoms with Crippen LogP contribution in [0.2, 0.25) is 0 Å². The SMILES string of the molecule is CC(N)C1[C@H]2CCN(C)[C@@H]12. The highest BCUT2D eigenvalue weighted by molar-refractivity contribution is 5.10. The molecule has 1 saturated heterocycles. The van der Waals surface area contributed by atoms with Crippen molar-refractivity contribution < 1.29 is 0 Å². The number of nitrogens with two attached hydrogens (primary N) is 1. The fraction of sp³-hybridized carbons (Fsp3) is 1.00. The van der Waals surface area contributed by atoms with Crippen LogP contribution in [-0.2, 0) is 0 Å². The van der Waals surface area contributed by atoms with Crippen molar-refractivity contribution in [3.8, 4) is 0 Å². The first-order chi connectivity index (χ1) is 4.72. The molecule has 2 heteroatoms. The second-order valence-electron chi connectivity index (χ2n) is 3.86. The van der Waals surface area contributed by atoms with Gasteiger partial charge in [-0.3, -0.25) is 0 Å². The molecule has 0 aromatic heterocycles. The van der Waals surface area contributed by atoms with Crippen LogP contribution in [0.4, 0.5) is 0 Å². The van der Waals surface area contributed by atoms with E-state index in [2.05, 4.69) is 18.9 Å².